The lowest BCUT2D eigenvalue weighted by Gasteiger charge is -2.13. The zero-order valence-corrected chi connectivity index (χ0v) is 10.2. The van der Waals surface area contributed by atoms with Crippen molar-refractivity contribution in [1.29, 1.82) is 0 Å². The van der Waals surface area contributed by atoms with Crippen molar-refractivity contribution >= 4 is 11.9 Å². The van der Waals surface area contributed by atoms with Crippen molar-refractivity contribution in [3.63, 3.8) is 0 Å². The predicted octanol–water partition coefficient (Wildman–Crippen LogP) is -0.441. The quantitative estimate of drug-likeness (QED) is 0.426. The number of hydrogen-bond donors (Lipinski definition) is 5. The van der Waals surface area contributed by atoms with Gasteiger partial charge in [-0.25, -0.2) is 0 Å². The molecule has 0 saturated carbocycles. The van der Waals surface area contributed by atoms with E-state index < -0.39 is 17.9 Å². The summed E-state index contributed by atoms with van der Waals surface area (Å²) in [6.45, 7) is 0.325. The Kier molecular flexibility index (Phi) is 5.13. The highest BCUT2D eigenvalue weighted by Crippen LogP contribution is 2.24. The lowest BCUT2D eigenvalue weighted by atomic mass is 10.1. The lowest BCUT2D eigenvalue weighted by Crippen LogP contribution is -2.43. The molecule has 0 aromatic heterocycles. The SMILES string of the molecule is NC(=O)C(CC(=O)O)NCCc1ccc(O)c(O)c1. The Morgan fingerprint density at radius 2 is 1.95 bits per heavy atom. The van der Waals surface area contributed by atoms with E-state index in [1.54, 1.807) is 6.07 Å². The van der Waals surface area contributed by atoms with Gasteiger partial charge in [0.2, 0.25) is 5.91 Å². The van der Waals surface area contributed by atoms with Crippen LogP contribution < -0.4 is 11.1 Å². The van der Waals surface area contributed by atoms with E-state index in [2.05, 4.69) is 5.32 Å². The van der Waals surface area contributed by atoms with Crippen LogP contribution >= 0.6 is 0 Å². The number of phenolic OH excluding ortho intramolecular Hbond substituents is 2. The van der Waals surface area contributed by atoms with Crippen LogP contribution in [0.3, 0.4) is 0 Å². The van der Waals surface area contributed by atoms with Gasteiger partial charge in [-0.05, 0) is 30.7 Å². The van der Waals surface area contributed by atoms with Crippen molar-refractivity contribution in [2.24, 2.45) is 5.73 Å². The van der Waals surface area contributed by atoms with E-state index in [1.165, 1.54) is 12.1 Å². The van der Waals surface area contributed by atoms with Crippen molar-refractivity contribution in [2.75, 3.05) is 6.54 Å². The molecular formula is C12H16N2O5. The van der Waals surface area contributed by atoms with Gasteiger partial charge in [-0.15, -0.1) is 0 Å². The van der Waals surface area contributed by atoms with Gasteiger partial charge in [-0.2, -0.15) is 0 Å². The lowest BCUT2D eigenvalue weighted by molar-refractivity contribution is -0.139. The van der Waals surface area contributed by atoms with E-state index >= 15 is 0 Å². The second kappa shape index (κ2) is 6.60. The van der Waals surface area contributed by atoms with Gasteiger partial charge in [0.1, 0.15) is 0 Å². The molecule has 1 aromatic rings. The van der Waals surface area contributed by atoms with Crippen molar-refractivity contribution < 1.29 is 24.9 Å². The third-order valence-corrected chi connectivity index (χ3v) is 2.57. The number of hydrogen-bond acceptors (Lipinski definition) is 5. The second-order valence-electron chi connectivity index (χ2n) is 4.08. The summed E-state index contributed by atoms with van der Waals surface area (Å²) in [6, 6.07) is 3.44. The van der Waals surface area contributed by atoms with E-state index in [0.29, 0.717) is 13.0 Å². The number of rotatable bonds is 7. The molecule has 1 aromatic carbocycles. The Bertz CT molecular complexity index is 475. The van der Waals surface area contributed by atoms with E-state index in [-0.39, 0.29) is 17.9 Å². The van der Waals surface area contributed by atoms with Gasteiger partial charge in [0.05, 0.1) is 12.5 Å². The molecule has 1 atom stereocenters. The van der Waals surface area contributed by atoms with Gasteiger partial charge in [0.25, 0.3) is 0 Å². The van der Waals surface area contributed by atoms with Crippen molar-refractivity contribution in [3.8, 4) is 11.5 Å². The summed E-state index contributed by atoms with van der Waals surface area (Å²) in [5.41, 5.74) is 5.81. The molecule has 0 aliphatic carbocycles. The topological polar surface area (TPSA) is 133 Å². The zero-order valence-electron chi connectivity index (χ0n) is 10.2. The number of aromatic hydroxyl groups is 2. The first kappa shape index (κ1) is 14.8. The third kappa shape index (κ3) is 4.84. The van der Waals surface area contributed by atoms with Crippen molar-refractivity contribution in [3.05, 3.63) is 23.8 Å². The maximum Gasteiger partial charge on any atom is 0.305 e. The number of aliphatic carboxylic acids is 1. The van der Waals surface area contributed by atoms with E-state index in [4.69, 9.17) is 15.9 Å². The van der Waals surface area contributed by atoms with Crippen LogP contribution in [0.4, 0.5) is 0 Å². The molecule has 0 fully saturated rings. The smallest absolute Gasteiger partial charge is 0.305 e. The zero-order chi connectivity index (χ0) is 14.4. The number of nitrogens with one attached hydrogen (secondary N) is 1. The van der Waals surface area contributed by atoms with Gasteiger partial charge in [-0.1, -0.05) is 6.07 Å². The molecule has 7 heteroatoms. The maximum atomic E-state index is 11.0. The number of carboxylic acids is 1. The van der Waals surface area contributed by atoms with Gasteiger partial charge in [0.15, 0.2) is 11.5 Å². The number of carboxylic acid groups (broad SMARTS) is 1. The highest BCUT2D eigenvalue weighted by Gasteiger charge is 2.17. The van der Waals surface area contributed by atoms with Crippen LogP contribution in [0.25, 0.3) is 0 Å². The molecule has 19 heavy (non-hydrogen) atoms. The molecule has 0 spiro atoms. The van der Waals surface area contributed by atoms with Crippen LogP contribution in [0.5, 0.6) is 11.5 Å². The van der Waals surface area contributed by atoms with Crippen LogP contribution in [0.15, 0.2) is 18.2 Å². The summed E-state index contributed by atoms with van der Waals surface area (Å²) in [5, 5.41) is 29.8. The van der Waals surface area contributed by atoms with E-state index in [9.17, 15) is 14.7 Å². The molecule has 0 bridgehead atoms. The predicted molar refractivity (Wildman–Crippen MR) is 66.7 cm³/mol. The van der Waals surface area contributed by atoms with Crippen molar-refractivity contribution in [2.45, 2.75) is 18.9 Å². The third-order valence-electron chi connectivity index (χ3n) is 2.57. The van der Waals surface area contributed by atoms with Crippen molar-refractivity contribution in [1.82, 2.24) is 5.32 Å². The average Bonchev–Trinajstić information content (AvgIpc) is 2.31. The Balaban J connectivity index is 2.49. The molecule has 1 amide bonds. The molecule has 0 saturated heterocycles. The fraction of sp³-hybridized carbons (Fsp3) is 0.333. The molecule has 104 valence electrons. The molecule has 0 heterocycles. The van der Waals surface area contributed by atoms with Gasteiger partial charge < -0.3 is 26.4 Å². The van der Waals surface area contributed by atoms with Crippen LogP contribution in [-0.4, -0.2) is 39.8 Å². The van der Waals surface area contributed by atoms with Crippen LogP contribution in [0, 0.1) is 0 Å². The number of phenols is 2. The Hall–Kier alpha value is -2.28. The summed E-state index contributed by atoms with van der Waals surface area (Å²) in [6.07, 6.45) is 0.0768. The van der Waals surface area contributed by atoms with Gasteiger partial charge in [-0.3, -0.25) is 9.59 Å². The number of primary amides is 1. The van der Waals surface area contributed by atoms with E-state index in [0.717, 1.165) is 5.56 Å². The largest absolute Gasteiger partial charge is 0.504 e. The van der Waals surface area contributed by atoms with E-state index in [1.807, 2.05) is 0 Å². The molecule has 7 nitrogen and oxygen atoms in total. The Labute approximate surface area is 109 Å². The normalized spacial score (nSPS) is 12.0. The number of benzene rings is 1. The molecular weight excluding hydrogens is 252 g/mol. The number of carbonyl (C=O) groups excluding carboxylic acids is 1. The Morgan fingerprint density at radius 1 is 1.26 bits per heavy atom. The maximum absolute atomic E-state index is 11.0. The minimum atomic E-state index is -1.11. The van der Waals surface area contributed by atoms with Crippen LogP contribution in [0.2, 0.25) is 0 Å². The first-order valence-corrected chi connectivity index (χ1v) is 5.65. The Morgan fingerprint density at radius 3 is 2.47 bits per heavy atom. The van der Waals surface area contributed by atoms with Gasteiger partial charge in [0, 0.05) is 0 Å². The molecule has 1 rings (SSSR count). The molecule has 0 radical (unpaired) electrons. The molecule has 1 unspecified atom stereocenters. The number of amides is 1. The average molecular weight is 268 g/mol. The standard InChI is InChI=1S/C12H16N2O5/c13-12(19)8(6-11(17)18)14-4-3-7-1-2-9(15)10(16)5-7/h1-2,5,8,14-16H,3-4,6H2,(H2,13,19)(H,17,18). The molecule has 0 aliphatic rings. The summed E-state index contributed by atoms with van der Waals surface area (Å²) in [5.74, 6) is -2.28. The first-order chi connectivity index (χ1) is 8.90. The first-order valence-electron chi connectivity index (χ1n) is 5.65. The highest BCUT2D eigenvalue weighted by molar-refractivity contribution is 5.84. The minimum Gasteiger partial charge on any atom is -0.504 e. The minimum absolute atomic E-state index is 0.211. The fourth-order valence-electron chi connectivity index (χ4n) is 1.56. The van der Waals surface area contributed by atoms with Crippen LogP contribution in [0.1, 0.15) is 12.0 Å². The molecule has 0 aliphatic heterocycles. The highest BCUT2D eigenvalue weighted by atomic mass is 16.4. The molecule has 6 N–H and O–H groups in total. The van der Waals surface area contributed by atoms with Crippen LogP contribution in [-0.2, 0) is 16.0 Å². The number of carbonyl (C=O) groups is 2. The number of nitrogens with two attached hydrogens (primary N) is 1. The summed E-state index contributed by atoms with van der Waals surface area (Å²) in [7, 11) is 0. The summed E-state index contributed by atoms with van der Waals surface area (Å²) < 4.78 is 0. The summed E-state index contributed by atoms with van der Waals surface area (Å²) in [4.78, 5) is 21.5. The second-order valence-corrected chi connectivity index (χ2v) is 4.08. The monoisotopic (exact) mass is 268 g/mol. The summed E-state index contributed by atoms with van der Waals surface area (Å²) >= 11 is 0. The van der Waals surface area contributed by atoms with Gasteiger partial charge >= 0.3 is 5.97 Å². The fourth-order valence-corrected chi connectivity index (χ4v) is 1.56.